The van der Waals surface area contributed by atoms with Crippen LogP contribution in [0.15, 0.2) is 46.9 Å². The number of anilines is 1. The maximum absolute atomic E-state index is 12.2. The van der Waals surface area contributed by atoms with Crippen LogP contribution < -0.4 is 10.2 Å². The van der Waals surface area contributed by atoms with Gasteiger partial charge in [0.15, 0.2) is 0 Å². The van der Waals surface area contributed by atoms with Crippen molar-refractivity contribution in [3.05, 3.63) is 63.6 Å². The number of benzene rings is 2. The van der Waals surface area contributed by atoms with Gasteiger partial charge in [0.25, 0.3) is 5.91 Å². The van der Waals surface area contributed by atoms with Gasteiger partial charge in [-0.2, -0.15) is 0 Å². The Morgan fingerprint density at radius 2 is 1.92 bits per heavy atom. The molecule has 0 atom stereocenters. The second kappa shape index (κ2) is 7.18. The Kier molecular flexibility index (Phi) is 5.00. The second-order valence-corrected chi connectivity index (χ2v) is 6.72. The van der Waals surface area contributed by atoms with Crippen molar-refractivity contribution in [1.29, 1.82) is 0 Å². The van der Waals surface area contributed by atoms with Crippen LogP contribution in [0.1, 0.15) is 34.8 Å². The summed E-state index contributed by atoms with van der Waals surface area (Å²) in [7, 11) is 0. The zero-order chi connectivity index (χ0) is 17.1. The van der Waals surface area contributed by atoms with E-state index in [0.717, 1.165) is 28.7 Å². The molecule has 1 aliphatic heterocycles. The number of hydrogen-bond acceptors (Lipinski definition) is 2. The molecule has 0 fully saturated rings. The van der Waals surface area contributed by atoms with Crippen LogP contribution in [0.5, 0.6) is 0 Å². The average Bonchev–Trinajstić information content (AvgIpc) is 3.02. The summed E-state index contributed by atoms with van der Waals surface area (Å²) in [5.74, 6) is 0.0656. The summed E-state index contributed by atoms with van der Waals surface area (Å²) in [5.41, 5.74) is 3.86. The normalized spacial score (nSPS) is 12.8. The fourth-order valence-electron chi connectivity index (χ4n) is 2.90. The number of fused-ring (bicyclic) bond motifs is 1. The summed E-state index contributed by atoms with van der Waals surface area (Å²) in [4.78, 5) is 25.9. The second-order valence-electron chi connectivity index (χ2n) is 5.80. The van der Waals surface area contributed by atoms with Crippen LogP contribution in [0.3, 0.4) is 0 Å². The Morgan fingerprint density at radius 1 is 1.17 bits per heavy atom. The van der Waals surface area contributed by atoms with Gasteiger partial charge in [-0.1, -0.05) is 35.0 Å². The molecule has 3 rings (SSSR count). The lowest BCUT2D eigenvalue weighted by Crippen LogP contribution is -2.27. The lowest BCUT2D eigenvalue weighted by atomic mass is 10.1. The molecule has 4 nitrogen and oxygen atoms in total. The molecular formula is C19H19BrN2O2. The van der Waals surface area contributed by atoms with E-state index in [0.29, 0.717) is 18.5 Å². The summed E-state index contributed by atoms with van der Waals surface area (Å²) in [6.07, 6.45) is 1.39. The fourth-order valence-corrected chi connectivity index (χ4v) is 3.16. The minimum absolute atomic E-state index is 0.0919. The Balaban J connectivity index is 1.66. The van der Waals surface area contributed by atoms with E-state index in [-0.39, 0.29) is 11.8 Å². The molecule has 0 radical (unpaired) electrons. The van der Waals surface area contributed by atoms with Gasteiger partial charge in [-0.25, -0.2) is 0 Å². The molecule has 0 saturated heterocycles. The molecule has 0 aromatic heterocycles. The Morgan fingerprint density at radius 3 is 2.62 bits per heavy atom. The number of hydrogen-bond donors (Lipinski definition) is 1. The number of halogens is 1. The third kappa shape index (κ3) is 3.51. The van der Waals surface area contributed by atoms with Crippen LogP contribution in [-0.4, -0.2) is 18.4 Å². The molecule has 0 bridgehead atoms. The number of amides is 2. The highest BCUT2D eigenvalue weighted by molar-refractivity contribution is 9.10. The summed E-state index contributed by atoms with van der Waals surface area (Å²) >= 11 is 3.36. The molecule has 2 aromatic carbocycles. The molecule has 0 saturated carbocycles. The van der Waals surface area contributed by atoms with Crippen LogP contribution in [0, 0.1) is 0 Å². The van der Waals surface area contributed by atoms with Gasteiger partial charge in [0.2, 0.25) is 5.91 Å². The Hall–Kier alpha value is -2.14. The van der Waals surface area contributed by atoms with Gasteiger partial charge < -0.3 is 10.2 Å². The Bertz CT molecular complexity index is 771. The molecule has 5 heteroatoms. The third-order valence-corrected chi connectivity index (χ3v) is 4.73. The van der Waals surface area contributed by atoms with E-state index in [1.807, 2.05) is 36.1 Å². The Labute approximate surface area is 150 Å². The first-order valence-electron chi connectivity index (χ1n) is 8.04. The fraction of sp³-hybridized carbons (Fsp3) is 0.263. The molecule has 0 spiro atoms. The summed E-state index contributed by atoms with van der Waals surface area (Å²) in [6, 6.07) is 13.3. The molecule has 124 valence electrons. The average molecular weight is 387 g/mol. The highest BCUT2D eigenvalue weighted by Crippen LogP contribution is 2.29. The summed E-state index contributed by atoms with van der Waals surface area (Å²) in [6.45, 7) is 3.10. The van der Waals surface area contributed by atoms with E-state index >= 15 is 0 Å². The van der Waals surface area contributed by atoms with Crippen molar-refractivity contribution in [2.24, 2.45) is 0 Å². The van der Waals surface area contributed by atoms with Crippen LogP contribution in [-0.2, 0) is 17.8 Å². The van der Waals surface area contributed by atoms with Crippen molar-refractivity contribution >= 4 is 33.4 Å². The first kappa shape index (κ1) is 16.7. The SMILES string of the molecule is CCC(=O)N1CCc2cc(CNC(=O)c3ccc(Br)cc3)ccc21. The molecule has 0 unspecified atom stereocenters. The number of rotatable bonds is 4. The highest BCUT2D eigenvalue weighted by atomic mass is 79.9. The van der Waals surface area contributed by atoms with Crippen LogP contribution in [0.25, 0.3) is 0 Å². The molecule has 2 aromatic rings. The van der Waals surface area contributed by atoms with Crippen molar-refractivity contribution < 1.29 is 9.59 Å². The van der Waals surface area contributed by atoms with Crippen molar-refractivity contribution in [2.45, 2.75) is 26.3 Å². The number of nitrogens with zero attached hydrogens (tertiary/aromatic N) is 1. The number of carbonyl (C=O) groups excluding carboxylic acids is 2. The van der Waals surface area contributed by atoms with E-state index in [9.17, 15) is 9.59 Å². The standard InChI is InChI=1S/C19H19BrN2O2/c1-2-18(23)22-10-9-15-11-13(3-8-17(15)22)12-21-19(24)14-4-6-16(20)7-5-14/h3-8,11H,2,9-10,12H2,1H3,(H,21,24). The predicted octanol–water partition coefficient (Wildman–Crippen LogP) is 3.68. The summed E-state index contributed by atoms with van der Waals surface area (Å²) in [5, 5.41) is 2.94. The van der Waals surface area contributed by atoms with E-state index in [2.05, 4.69) is 27.3 Å². The summed E-state index contributed by atoms with van der Waals surface area (Å²) < 4.78 is 0.948. The lowest BCUT2D eigenvalue weighted by molar-refractivity contribution is -0.118. The zero-order valence-electron chi connectivity index (χ0n) is 13.5. The van der Waals surface area contributed by atoms with Crippen LogP contribution >= 0.6 is 15.9 Å². The molecule has 1 heterocycles. The molecule has 1 N–H and O–H groups in total. The molecule has 1 aliphatic rings. The van der Waals surface area contributed by atoms with E-state index in [1.165, 1.54) is 5.56 Å². The molecule has 2 amide bonds. The van der Waals surface area contributed by atoms with Gasteiger partial charge in [-0.05, 0) is 47.9 Å². The topological polar surface area (TPSA) is 49.4 Å². The highest BCUT2D eigenvalue weighted by Gasteiger charge is 2.23. The van der Waals surface area contributed by atoms with Crippen molar-refractivity contribution in [3.63, 3.8) is 0 Å². The molecular weight excluding hydrogens is 368 g/mol. The minimum Gasteiger partial charge on any atom is -0.348 e. The third-order valence-electron chi connectivity index (χ3n) is 4.20. The first-order valence-corrected chi connectivity index (χ1v) is 8.83. The quantitative estimate of drug-likeness (QED) is 0.870. The van der Waals surface area contributed by atoms with Gasteiger partial charge in [0.1, 0.15) is 0 Å². The van der Waals surface area contributed by atoms with Crippen molar-refractivity contribution in [3.8, 4) is 0 Å². The van der Waals surface area contributed by atoms with Gasteiger partial charge >= 0.3 is 0 Å². The van der Waals surface area contributed by atoms with Crippen LogP contribution in [0.2, 0.25) is 0 Å². The van der Waals surface area contributed by atoms with E-state index in [4.69, 9.17) is 0 Å². The number of nitrogens with one attached hydrogen (secondary N) is 1. The smallest absolute Gasteiger partial charge is 0.251 e. The molecule has 24 heavy (non-hydrogen) atoms. The van der Waals surface area contributed by atoms with E-state index < -0.39 is 0 Å². The van der Waals surface area contributed by atoms with Crippen molar-refractivity contribution in [2.75, 3.05) is 11.4 Å². The van der Waals surface area contributed by atoms with Gasteiger partial charge in [-0.3, -0.25) is 9.59 Å². The van der Waals surface area contributed by atoms with Crippen molar-refractivity contribution in [1.82, 2.24) is 5.32 Å². The van der Waals surface area contributed by atoms with Crippen LogP contribution in [0.4, 0.5) is 5.69 Å². The molecule has 0 aliphatic carbocycles. The monoisotopic (exact) mass is 386 g/mol. The van der Waals surface area contributed by atoms with Gasteiger partial charge in [0, 0.05) is 35.2 Å². The largest absolute Gasteiger partial charge is 0.348 e. The minimum atomic E-state index is -0.0919. The lowest BCUT2D eigenvalue weighted by Gasteiger charge is -2.16. The zero-order valence-corrected chi connectivity index (χ0v) is 15.1. The number of carbonyl (C=O) groups is 2. The first-order chi connectivity index (χ1) is 11.6. The maximum Gasteiger partial charge on any atom is 0.251 e. The van der Waals surface area contributed by atoms with Gasteiger partial charge in [-0.15, -0.1) is 0 Å². The maximum atomic E-state index is 12.2. The van der Waals surface area contributed by atoms with E-state index in [1.54, 1.807) is 12.1 Å². The van der Waals surface area contributed by atoms with Gasteiger partial charge in [0.05, 0.1) is 0 Å². The predicted molar refractivity (Wildman–Crippen MR) is 98.1 cm³/mol.